The van der Waals surface area contributed by atoms with Crippen LogP contribution in [0.4, 0.5) is 13.2 Å². The zero-order valence-corrected chi connectivity index (χ0v) is 11.1. The molecule has 1 aliphatic heterocycles. The van der Waals surface area contributed by atoms with Gasteiger partial charge in [-0.2, -0.15) is 13.2 Å². The summed E-state index contributed by atoms with van der Waals surface area (Å²) in [4.78, 5) is 13.7. The van der Waals surface area contributed by atoms with Gasteiger partial charge in [0.25, 0.3) is 5.91 Å². The Bertz CT molecular complexity index is 488. The van der Waals surface area contributed by atoms with Gasteiger partial charge in [-0.3, -0.25) is 4.79 Å². The lowest BCUT2D eigenvalue weighted by Crippen LogP contribution is -2.31. The molecular formula is C14H16F3NO2. The Balaban J connectivity index is 2.19. The van der Waals surface area contributed by atoms with Gasteiger partial charge >= 0.3 is 6.18 Å². The Morgan fingerprint density at radius 2 is 2.10 bits per heavy atom. The molecule has 6 heteroatoms. The second-order valence-electron chi connectivity index (χ2n) is 4.90. The monoisotopic (exact) mass is 287 g/mol. The molecule has 3 nitrogen and oxygen atoms in total. The van der Waals surface area contributed by atoms with Crippen LogP contribution >= 0.6 is 0 Å². The maximum absolute atomic E-state index is 12.9. The molecule has 1 heterocycles. The zero-order valence-electron chi connectivity index (χ0n) is 11.1. The number of carbonyl (C=O) groups is 1. The van der Waals surface area contributed by atoms with Crippen LogP contribution in [0.5, 0.6) is 0 Å². The molecule has 110 valence electrons. The van der Waals surface area contributed by atoms with Gasteiger partial charge in [-0.1, -0.05) is 12.1 Å². The van der Waals surface area contributed by atoms with Crippen molar-refractivity contribution in [1.82, 2.24) is 4.90 Å². The summed E-state index contributed by atoms with van der Waals surface area (Å²) in [5.41, 5.74) is -1.15. The van der Waals surface area contributed by atoms with Gasteiger partial charge in [0, 0.05) is 26.1 Å². The van der Waals surface area contributed by atoms with E-state index in [9.17, 15) is 18.0 Å². The number of alkyl halides is 3. The predicted octanol–water partition coefficient (Wildman–Crippen LogP) is 2.81. The van der Waals surface area contributed by atoms with Crippen molar-refractivity contribution in [2.45, 2.75) is 12.6 Å². The lowest BCUT2D eigenvalue weighted by atomic mass is 10.1. The maximum atomic E-state index is 12.9. The number of methoxy groups -OCH3 is 1. The average molecular weight is 287 g/mol. The van der Waals surface area contributed by atoms with E-state index in [2.05, 4.69) is 0 Å². The number of hydrogen-bond acceptors (Lipinski definition) is 2. The topological polar surface area (TPSA) is 29.5 Å². The van der Waals surface area contributed by atoms with E-state index in [1.807, 2.05) is 0 Å². The largest absolute Gasteiger partial charge is 0.417 e. The highest BCUT2D eigenvalue weighted by atomic mass is 19.4. The van der Waals surface area contributed by atoms with Crippen LogP contribution in [0.1, 0.15) is 22.3 Å². The molecule has 20 heavy (non-hydrogen) atoms. The number of hydrogen-bond donors (Lipinski definition) is 0. The van der Waals surface area contributed by atoms with Crippen molar-refractivity contribution in [3.8, 4) is 0 Å². The van der Waals surface area contributed by atoms with E-state index in [1.165, 1.54) is 23.1 Å². The third kappa shape index (κ3) is 3.12. The molecule has 0 aromatic heterocycles. The molecule has 1 amide bonds. The van der Waals surface area contributed by atoms with Crippen LogP contribution in [0.3, 0.4) is 0 Å². The number of halogens is 3. The van der Waals surface area contributed by atoms with Crippen molar-refractivity contribution in [1.29, 1.82) is 0 Å². The highest BCUT2D eigenvalue weighted by molar-refractivity contribution is 5.96. The fourth-order valence-corrected chi connectivity index (χ4v) is 2.48. The van der Waals surface area contributed by atoms with E-state index < -0.39 is 17.6 Å². The Labute approximate surface area is 115 Å². The molecule has 0 aliphatic carbocycles. The summed E-state index contributed by atoms with van der Waals surface area (Å²) in [5, 5.41) is 0. The van der Waals surface area contributed by atoms with Crippen molar-refractivity contribution >= 4 is 5.91 Å². The van der Waals surface area contributed by atoms with E-state index in [0.717, 1.165) is 12.5 Å². The summed E-state index contributed by atoms with van der Waals surface area (Å²) < 4.78 is 43.7. The van der Waals surface area contributed by atoms with Crippen LogP contribution in [-0.4, -0.2) is 37.6 Å². The normalized spacial score (nSPS) is 19.4. The number of carbonyl (C=O) groups excluding carboxylic acids is 1. The number of benzene rings is 1. The van der Waals surface area contributed by atoms with Crippen molar-refractivity contribution in [2.24, 2.45) is 5.92 Å². The molecule has 1 aromatic rings. The molecular weight excluding hydrogens is 271 g/mol. The lowest BCUT2D eigenvalue weighted by Gasteiger charge is -2.19. The molecule has 0 saturated carbocycles. The first-order valence-electron chi connectivity index (χ1n) is 6.38. The molecule has 2 rings (SSSR count). The highest BCUT2D eigenvalue weighted by Gasteiger charge is 2.37. The Kier molecular flexibility index (Phi) is 4.32. The van der Waals surface area contributed by atoms with Gasteiger partial charge in [0.1, 0.15) is 0 Å². The molecule has 0 spiro atoms. The fourth-order valence-electron chi connectivity index (χ4n) is 2.48. The van der Waals surface area contributed by atoms with Gasteiger partial charge in [-0.05, 0) is 18.6 Å². The molecule has 1 fully saturated rings. The van der Waals surface area contributed by atoms with Gasteiger partial charge in [-0.25, -0.2) is 0 Å². The summed E-state index contributed by atoms with van der Waals surface area (Å²) in [6.07, 6.45) is -3.76. The second-order valence-corrected chi connectivity index (χ2v) is 4.90. The second kappa shape index (κ2) is 5.83. The van der Waals surface area contributed by atoms with Crippen molar-refractivity contribution < 1.29 is 22.7 Å². The quantitative estimate of drug-likeness (QED) is 0.855. The Hall–Kier alpha value is -1.56. The predicted molar refractivity (Wildman–Crippen MR) is 67.3 cm³/mol. The SMILES string of the molecule is COC[C@H]1CCN(C(=O)c2ccccc2C(F)(F)F)C1. The number of rotatable bonds is 3. The van der Waals surface area contributed by atoms with Crippen LogP contribution in [0.2, 0.25) is 0 Å². The average Bonchev–Trinajstić information content (AvgIpc) is 2.86. The number of amides is 1. The summed E-state index contributed by atoms with van der Waals surface area (Å²) in [7, 11) is 1.57. The lowest BCUT2D eigenvalue weighted by molar-refractivity contribution is -0.138. The van der Waals surface area contributed by atoms with E-state index in [-0.39, 0.29) is 11.5 Å². The van der Waals surface area contributed by atoms with Crippen LogP contribution in [0.15, 0.2) is 24.3 Å². The van der Waals surface area contributed by atoms with Gasteiger partial charge in [-0.15, -0.1) is 0 Å². The van der Waals surface area contributed by atoms with E-state index in [0.29, 0.717) is 19.7 Å². The smallest absolute Gasteiger partial charge is 0.384 e. The molecule has 0 radical (unpaired) electrons. The summed E-state index contributed by atoms with van der Waals surface area (Å²) in [6.45, 7) is 1.43. The number of likely N-dealkylation sites (tertiary alicyclic amines) is 1. The fraction of sp³-hybridized carbons (Fsp3) is 0.500. The van der Waals surface area contributed by atoms with Crippen LogP contribution < -0.4 is 0 Å². The van der Waals surface area contributed by atoms with E-state index in [4.69, 9.17) is 4.74 Å². The van der Waals surface area contributed by atoms with Crippen LogP contribution in [-0.2, 0) is 10.9 Å². The van der Waals surface area contributed by atoms with Crippen molar-refractivity contribution in [2.75, 3.05) is 26.8 Å². The Morgan fingerprint density at radius 1 is 1.40 bits per heavy atom. The first-order valence-corrected chi connectivity index (χ1v) is 6.38. The van der Waals surface area contributed by atoms with Crippen molar-refractivity contribution in [3.63, 3.8) is 0 Å². The van der Waals surface area contributed by atoms with Gasteiger partial charge in [0.2, 0.25) is 0 Å². The van der Waals surface area contributed by atoms with Gasteiger partial charge in [0.05, 0.1) is 17.7 Å². The minimum atomic E-state index is -4.52. The Morgan fingerprint density at radius 3 is 2.75 bits per heavy atom. The van der Waals surface area contributed by atoms with Crippen LogP contribution in [0.25, 0.3) is 0 Å². The summed E-state index contributed by atoms with van der Waals surface area (Å²) >= 11 is 0. The summed E-state index contributed by atoms with van der Waals surface area (Å²) in [6, 6.07) is 4.91. The standard InChI is InChI=1S/C14H16F3NO2/c1-20-9-10-6-7-18(8-10)13(19)11-4-2-3-5-12(11)14(15,16)17/h2-5,10H,6-9H2,1H3/t10-/m0/s1. The molecule has 0 unspecified atom stereocenters. The molecule has 1 aromatic carbocycles. The number of ether oxygens (including phenoxy) is 1. The molecule has 1 aliphatic rings. The van der Waals surface area contributed by atoms with Crippen molar-refractivity contribution in [3.05, 3.63) is 35.4 Å². The van der Waals surface area contributed by atoms with E-state index in [1.54, 1.807) is 7.11 Å². The minimum Gasteiger partial charge on any atom is -0.384 e. The first kappa shape index (κ1) is 14.8. The van der Waals surface area contributed by atoms with Gasteiger partial charge in [0.15, 0.2) is 0 Å². The third-order valence-electron chi connectivity index (χ3n) is 3.44. The molecule has 0 N–H and O–H groups in total. The third-order valence-corrected chi connectivity index (χ3v) is 3.44. The first-order chi connectivity index (χ1) is 9.43. The minimum absolute atomic E-state index is 0.196. The molecule has 1 atom stereocenters. The van der Waals surface area contributed by atoms with Crippen LogP contribution in [0, 0.1) is 5.92 Å². The highest BCUT2D eigenvalue weighted by Crippen LogP contribution is 2.33. The van der Waals surface area contributed by atoms with Gasteiger partial charge < -0.3 is 9.64 Å². The summed E-state index contributed by atoms with van der Waals surface area (Å²) in [5.74, 6) is -0.362. The zero-order chi connectivity index (χ0) is 14.8. The number of nitrogens with zero attached hydrogens (tertiary/aromatic N) is 1. The molecule has 1 saturated heterocycles. The molecule has 0 bridgehead atoms. The maximum Gasteiger partial charge on any atom is 0.417 e. The van der Waals surface area contributed by atoms with E-state index >= 15 is 0 Å².